The lowest BCUT2D eigenvalue weighted by molar-refractivity contribution is 0.629. The van der Waals surface area contributed by atoms with Gasteiger partial charge in [-0.2, -0.15) is 0 Å². The number of pyridine rings is 1. The predicted molar refractivity (Wildman–Crippen MR) is 104 cm³/mol. The zero-order valence-electron chi connectivity index (χ0n) is 14.5. The Morgan fingerprint density at radius 3 is 2.50 bits per heavy atom. The maximum absolute atomic E-state index is 6.19. The third-order valence-electron chi connectivity index (χ3n) is 3.63. The topological polar surface area (TPSA) is 29.3 Å². The number of allylic oxidation sites excluding steroid dienone is 1. The lowest BCUT2D eigenvalue weighted by atomic mass is 10.1. The quantitative estimate of drug-likeness (QED) is 0.657. The molecule has 3 nitrogen and oxygen atoms in total. The Hall–Kier alpha value is -2.26. The molecule has 3 rings (SSSR count). The molecule has 0 bridgehead atoms. The van der Waals surface area contributed by atoms with Crippen LogP contribution in [0.5, 0.6) is 0 Å². The number of nitrogens with one attached hydrogen (secondary N) is 1. The summed E-state index contributed by atoms with van der Waals surface area (Å²) in [5.74, 6) is 0.963. The van der Waals surface area contributed by atoms with Crippen molar-refractivity contribution in [3.05, 3.63) is 64.9 Å². The first-order valence-electron chi connectivity index (χ1n) is 8.03. The van der Waals surface area contributed by atoms with Crippen LogP contribution in [0.2, 0.25) is 5.02 Å². The molecule has 0 unspecified atom stereocenters. The Kier molecular flexibility index (Phi) is 4.37. The number of hydrogen-bond donors (Lipinski definition) is 1. The van der Waals surface area contributed by atoms with Gasteiger partial charge in [0.1, 0.15) is 17.2 Å². The fourth-order valence-electron chi connectivity index (χ4n) is 2.64. The highest BCUT2D eigenvalue weighted by Gasteiger charge is 2.19. The Morgan fingerprint density at radius 1 is 1.12 bits per heavy atom. The van der Waals surface area contributed by atoms with E-state index in [9.17, 15) is 0 Å². The predicted octanol–water partition coefficient (Wildman–Crippen LogP) is 5.76. The summed E-state index contributed by atoms with van der Waals surface area (Å²) in [6.45, 7) is 8.50. The smallest absolute Gasteiger partial charge is 0.139 e. The minimum Gasteiger partial charge on any atom is -0.365 e. The van der Waals surface area contributed by atoms with Crippen molar-refractivity contribution in [3.8, 4) is 0 Å². The summed E-state index contributed by atoms with van der Waals surface area (Å²) in [7, 11) is 0. The monoisotopic (exact) mass is 339 g/mol. The van der Waals surface area contributed by atoms with Crippen molar-refractivity contribution in [2.75, 3.05) is 5.32 Å². The molecule has 0 radical (unpaired) electrons. The van der Waals surface area contributed by atoms with E-state index in [0.29, 0.717) is 5.02 Å². The Bertz CT molecular complexity index is 886. The van der Waals surface area contributed by atoms with Crippen LogP contribution < -0.4 is 5.32 Å². The van der Waals surface area contributed by atoms with Crippen LogP contribution in [0.25, 0.3) is 17.3 Å². The molecule has 2 heterocycles. The number of halogens is 1. The van der Waals surface area contributed by atoms with Crippen LogP contribution in [0, 0.1) is 0 Å². The second-order valence-corrected chi connectivity index (χ2v) is 7.43. The second kappa shape index (κ2) is 6.33. The summed E-state index contributed by atoms with van der Waals surface area (Å²) < 4.78 is 2.02. The third-order valence-corrected chi connectivity index (χ3v) is 3.86. The molecule has 24 heavy (non-hydrogen) atoms. The molecular weight excluding hydrogens is 318 g/mol. The van der Waals surface area contributed by atoms with Crippen LogP contribution in [-0.2, 0) is 0 Å². The number of fused-ring (bicyclic) bond motifs is 1. The maximum Gasteiger partial charge on any atom is 0.139 e. The molecule has 124 valence electrons. The largest absolute Gasteiger partial charge is 0.365 e. The van der Waals surface area contributed by atoms with Gasteiger partial charge in [0.2, 0.25) is 0 Å². The van der Waals surface area contributed by atoms with Gasteiger partial charge in [-0.25, -0.2) is 4.98 Å². The van der Waals surface area contributed by atoms with E-state index in [-0.39, 0.29) is 5.54 Å². The van der Waals surface area contributed by atoms with Crippen LogP contribution in [0.4, 0.5) is 5.82 Å². The Morgan fingerprint density at radius 2 is 1.83 bits per heavy atom. The number of anilines is 1. The summed E-state index contributed by atoms with van der Waals surface area (Å²) in [6.07, 6.45) is 4.05. The van der Waals surface area contributed by atoms with Gasteiger partial charge in [-0.1, -0.05) is 41.9 Å². The first-order chi connectivity index (χ1) is 11.3. The van der Waals surface area contributed by atoms with Crippen molar-refractivity contribution >= 4 is 34.7 Å². The van der Waals surface area contributed by atoms with Crippen molar-refractivity contribution in [2.45, 2.75) is 33.2 Å². The van der Waals surface area contributed by atoms with E-state index in [1.165, 1.54) is 0 Å². The zero-order valence-corrected chi connectivity index (χ0v) is 15.2. The molecule has 1 aromatic carbocycles. The molecule has 0 saturated heterocycles. The average Bonchev–Trinajstić information content (AvgIpc) is 2.85. The first-order valence-corrected chi connectivity index (χ1v) is 8.41. The molecule has 0 aliphatic heterocycles. The van der Waals surface area contributed by atoms with Crippen LogP contribution in [0.1, 0.15) is 39.0 Å². The van der Waals surface area contributed by atoms with Crippen molar-refractivity contribution in [3.63, 3.8) is 0 Å². The lowest BCUT2D eigenvalue weighted by Crippen LogP contribution is -2.27. The molecule has 0 saturated carbocycles. The van der Waals surface area contributed by atoms with Crippen LogP contribution in [-0.4, -0.2) is 14.9 Å². The molecule has 0 fully saturated rings. The fourth-order valence-corrected chi connectivity index (χ4v) is 2.80. The van der Waals surface area contributed by atoms with E-state index >= 15 is 0 Å². The Labute approximate surface area is 148 Å². The normalized spacial score (nSPS) is 12.6. The van der Waals surface area contributed by atoms with Crippen molar-refractivity contribution < 1.29 is 0 Å². The highest BCUT2D eigenvalue weighted by Crippen LogP contribution is 2.29. The van der Waals surface area contributed by atoms with Crippen molar-refractivity contribution in [1.82, 2.24) is 9.38 Å². The summed E-state index contributed by atoms with van der Waals surface area (Å²) in [4.78, 5) is 4.81. The van der Waals surface area contributed by atoms with Gasteiger partial charge in [-0.15, -0.1) is 0 Å². The molecule has 2 aromatic heterocycles. The molecule has 0 spiro atoms. The molecule has 0 amide bonds. The standard InChI is InChI=1S/C20H22ClN3/c1-14(12-15-8-6-5-7-9-15)18-19(23-20(2,3)4)24-13-16(21)10-11-17(24)22-18/h5-13,23H,1-4H3/b14-12+. The highest BCUT2D eigenvalue weighted by atomic mass is 35.5. The third kappa shape index (κ3) is 3.62. The molecule has 3 aromatic rings. The maximum atomic E-state index is 6.19. The summed E-state index contributed by atoms with van der Waals surface area (Å²) in [5, 5.41) is 4.26. The first kappa shape index (κ1) is 16.6. The van der Waals surface area contributed by atoms with Gasteiger partial charge >= 0.3 is 0 Å². The fraction of sp³-hybridized carbons (Fsp3) is 0.250. The van der Waals surface area contributed by atoms with Gasteiger partial charge in [0.15, 0.2) is 0 Å². The van der Waals surface area contributed by atoms with E-state index in [1.54, 1.807) is 0 Å². The van der Waals surface area contributed by atoms with Gasteiger partial charge in [-0.05, 0) is 57.0 Å². The lowest BCUT2D eigenvalue weighted by Gasteiger charge is -2.22. The van der Waals surface area contributed by atoms with Gasteiger partial charge in [0.25, 0.3) is 0 Å². The molecular formula is C20H22ClN3. The van der Waals surface area contributed by atoms with E-state index in [0.717, 1.165) is 28.3 Å². The number of imidazole rings is 1. The number of aromatic nitrogens is 2. The van der Waals surface area contributed by atoms with Gasteiger partial charge in [0, 0.05) is 11.7 Å². The number of hydrogen-bond acceptors (Lipinski definition) is 2. The van der Waals surface area contributed by atoms with E-state index < -0.39 is 0 Å². The van der Waals surface area contributed by atoms with Crippen molar-refractivity contribution in [1.29, 1.82) is 0 Å². The number of rotatable bonds is 3. The molecule has 0 aliphatic rings. The highest BCUT2D eigenvalue weighted by molar-refractivity contribution is 6.30. The summed E-state index contributed by atoms with van der Waals surface area (Å²) >= 11 is 6.19. The minimum absolute atomic E-state index is 0.0833. The number of nitrogens with zero attached hydrogens (tertiary/aromatic N) is 2. The SMILES string of the molecule is C/C(=C\c1ccccc1)c1nc2ccc(Cl)cn2c1NC(C)(C)C. The van der Waals surface area contributed by atoms with Gasteiger partial charge < -0.3 is 5.32 Å². The van der Waals surface area contributed by atoms with Crippen LogP contribution in [0.15, 0.2) is 48.7 Å². The van der Waals surface area contributed by atoms with E-state index in [4.69, 9.17) is 16.6 Å². The Balaban J connectivity index is 2.16. The average molecular weight is 340 g/mol. The molecule has 0 atom stereocenters. The van der Waals surface area contributed by atoms with Crippen LogP contribution in [0.3, 0.4) is 0 Å². The van der Waals surface area contributed by atoms with Crippen molar-refractivity contribution in [2.24, 2.45) is 0 Å². The zero-order chi connectivity index (χ0) is 17.3. The van der Waals surface area contributed by atoms with Crippen LogP contribution >= 0.6 is 11.6 Å². The van der Waals surface area contributed by atoms with Gasteiger partial charge in [-0.3, -0.25) is 4.40 Å². The number of benzene rings is 1. The molecule has 0 aliphatic carbocycles. The summed E-state index contributed by atoms with van der Waals surface area (Å²) in [6, 6.07) is 14.1. The van der Waals surface area contributed by atoms with Gasteiger partial charge in [0.05, 0.1) is 5.02 Å². The second-order valence-electron chi connectivity index (χ2n) is 7.00. The summed E-state index contributed by atoms with van der Waals surface area (Å²) in [5.41, 5.74) is 4.00. The molecule has 1 N–H and O–H groups in total. The van der Waals surface area contributed by atoms with E-state index in [1.807, 2.05) is 40.9 Å². The minimum atomic E-state index is -0.0833. The molecule has 4 heteroatoms. The van der Waals surface area contributed by atoms with E-state index in [2.05, 4.69) is 51.2 Å².